The minimum absolute atomic E-state index is 0.0312. The summed E-state index contributed by atoms with van der Waals surface area (Å²) in [7, 11) is -4.09. The summed E-state index contributed by atoms with van der Waals surface area (Å²) in [5, 5.41) is 12.0. The van der Waals surface area contributed by atoms with Gasteiger partial charge in [-0.1, -0.05) is 19.1 Å². The van der Waals surface area contributed by atoms with Crippen LogP contribution in [0.3, 0.4) is 0 Å². The molecule has 172 valence electrons. The quantitative estimate of drug-likeness (QED) is 0.424. The summed E-state index contributed by atoms with van der Waals surface area (Å²) in [6.45, 7) is 4.11. The summed E-state index contributed by atoms with van der Waals surface area (Å²) in [5.74, 6) is -1.17. The van der Waals surface area contributed by atoms with E-state index >= 15 is 0 Å². The molecule has 0 saturated carbocycles. The summed E-state index contributed by atoms with van der Waals surface area (Å²) >= 11 is 0. The van der Waals surface area contributed by atoms with Crippen molar-refractivity contribution in [1.82, 2.24) is 15.8 Å². The Morgan fingerprint density at radius 1 is 1.16 bits per heavy atom. The van der Waals surface area contributed by atoms with Gasteiger partial charge in [-0.25, -0.2) is 13.9 Å². The number of hydroxylamine groups is 1. The molecule has 32 heavy (non-hydrogen) atoms. The van der Waals surface area contributed by atoms with Gasteiger partial charge in [0.05, 0.1) is 16.2 Å². The third-order valence-corrected chi connectivity index (χ3v) is 8.32. The SMILES string of the molecule is CC[C@H](C)NC(=O)c1ccc(-c2ccc(S(=O)(=O)C3(C(=O)NO)CCOCC3)cc2)nc1. The number of ether oxygens (including phenoxy) is 1. The molecule has 9 nitrogen and oxygen atoms in total. The summed E-state index contributed by atoms with van der Waals surface area (Å²) in [4.78, 5) is 28.8. The lowest BCUT2D eigenvalue weighted by atomic mass is 9.98. The first-order valence-electron chi connectivity index (χ1n) is 10.4. The molecule has 2 amide bonds. The van der Waals surface area contributed by atoms with Crippen LogP contribution in [0.15, 0.2) is 47.5 Å². The molecule has 0 radical (unpaired) electrons. The summed E-state index contributed by atoms with van der Waals surface area (Å²) in [6.07, 6.45) is 2.19. The topological polar surface area (TPSA) is 135 Å². The summed E-state index contributed by atoms with van der Waals surface area (Å²) < 4.78 is 30.0. The van der Waals surface area contributed by atoms with Gasteiger partial charge < -0.3 is 10.1 Å². The number of nitrogens with zero attached hydrogens (tertiary/aromatic N) is 1. The lowest BCUT2D eigenvalue weighted by molar-refractivity contribution is -0.134. The Morgan fingerprint density at radius 2 is 1.81 bits per heavy atom. The molecule has 3 N–H and O–H groups in total. The second-order valence-corrected chi connectivity index (χ2v) is 10.1. The highest BCUT2D eigenvalue weighted by atomic mass is 32.2. The van der Waals surface area contributed by atoms with Gasteiger partial charge in [0.25, 0.3) is 11.8 Å². The number of hydrogen-bond donors (Lipinski definition) is 3. The molecule has 0 bridgehead atoms. The predicted octanol–water partition coefficient (Wildman–Crippen LogP) is 2.11. The van der Waals surface area contributed by atoms with E-state index in [1.165, 1.54) is 23.8 Å². The molecule has 1 atom stereocenters. The second-order valence-electron chi connectivity index (χ2n) is 7.79. The van der Waals surface area contributed by atoms with E-state index in [9.17, 15) is 18.0 Å². The van der Waals surface area contributed by atoms with Gasteiger partial charge in [-0.15, -0.1) is 0 Å². The van der Waals surface area contributed by atoms with Crippen molar-refractivity contribution in [2.24, 2.45) is 0 Å². The summed E-state index contributed by atoms with van der Waals surface area (Å²) in [5.41, 5.74) is 3.17. The minimum Gasteiger partial charge on any atom is -0.381 e. The number of carbonyl (C=O) groups is 2. The van der Waals surface area contributed by atoms with Gasteiger partial charge in [0.2, 0.25) is 0 Å². The van der Waals surface area contributed by atoms with Gasteiger partial charge in [0, 0.05) is 31.0 Å². The first-order chi connectivity index (χ1) is 15.2. The molecular formula is C22H27N3O6S. The molecule has 1 aromatic carbocycles. The van der Waals surface area contributed by atoms with Crippen molar-refractivity contribution in [3.05, 3.63) is 48.2 Å². The fourth-order valence-electron chi connectivity index (χ4n) is 3.56. The van der Waals surface area contributed by atoms with Crippen LogP contribution in [0.25, 0.3) is 11.3 Å². The van der Waals surface area contributed by atoms with Gasteiger partial charge in [-0.05, 0) is 50.5 Å². The molecule has 2 heterocycles. The number of hydrogen-bond acceptors (Lipinski definition) is 7. The Morgan fingerprint density at radius 3 is 2.34 bits per heavy atom. The fourth-order valence-corrected chi connectivity index (χ4v) is 5.50. The van der Waals surface area contributed by atoms with Crippen molar-refractivity contribution in [1.29, 1.82) is 0 Å². The van der Waals surface area contributed by atoms with Gasteiger partial charge in [-0.3, -0.25) is 19.8 Å². The normalized spacial score (nSPS) is 16.7. The molecule has 0 spiro atoms. The van der Waals surface area contributed by atoms with E-state index in [0.717, 1.165) is 6.42 Å². The van der Waals surface area contributed by atoms with Crippen LogP contribution in [0, 0.1) is 0 Å². The monoisotopic (exact) mass is 461 g/mol. The van der Waals surface area contributed by atoms with Crippen LogP contribution in [0.2, 0.25) is 0 Å². The maximum Gasteiger partial charge on any atom is 0.265 e. The Hall–Kier alpha value is -2.82. The fraction of sp³-hybridized carbons (Fsp3) is 0.409. The number of nitrogens with one attached hydrogen (secondary N) is 2. The molecule has 1 fully saturated rings. The smallest absolute Gasteiger partial charge is 0.265 e. The molecule has 2 aromatic rings. The van der Waals surface area contributed by atoms with Crippen LogP contribution in [0.5, 0.6) is 0 Å². The minimum atomic E-state index is -4.09. The Balaban J connectivity index is 1.84. The van der Waals surface area contributed by atoms with Crippen LogP contribution in [0.1, 0.15) is 43.5 Å². The first-order valence-corrected chi connectivity index (χ1v) is 11.9. The van der Waals surface area contributed by atoms with Gasteiger partial charge in [0.15, 0.2) is 14.6 Å². The van der Waals surface area contributed by atoms with Crippen molar-refractivity contribution in [3.63, 3.8) is 0 Å². The zero-order valence-corrected chi connectivity index (χ0v) is 18.8. The number of pyridine rings is 1. The van der Waals surface area contributed by atoms with Crippen molar-refractivity contribution in [3.8, 4) is 11.3 Å². The predicted molar refractivity (Wildman–Crippen MR) is 117 cm³/mol. The zero-order chi connectivity index (χ0) is 23.4. The Labute approximate surface area is 187 Å². The lowest BCUT2D eigenvalue weighted by Gasteiger charge is -2.34. The summed E-state index contributed by atoms with van der Waals surface area (Å²) in [6, 6.07) is 9.43. The second kappa shape index (κ2) is 9.76. The van der Waals surface area contributed by atoms with Crippen molar-refractivity contribution >= 4 is 21.7 Å². The van der Waals surface area contributed by atoms with Crippen LogP contribution >= 0.6 is 0 Å². The molecule has 10 heteroatoms. The Bertz CT molecular complexity index is 1060. The van der Waals surface area contributed by atoms with Crippen molar-refractivity contribution in [2.75, 3.05) is 13.2 Å². The first kappa shape index (κ1) is 23.8. The number of amides is 2. The number of benzene rings is 1. The van der Waals surface area contributed by atoms with E-state index in [-0.39, 0.29) is 42.9 Å². The maximum atomic E-state index is 13.3. The maximum absolute atomic E-state index is 13.3. The van der Waals surface area contributed by atoms with Crippen molar-refractivity contribution in [2.45, 2.75) is 48.8 Å². The average molecular weight is 462 g/mol. The molecule has 3 rings (SSSR count). The van der Waals surface area contributed by atoms with Crippen LogP contribution in [-0.4, -0.2) is 54.4 Å². The Kier molecular flexibility index (Phi) is 7.27. The van der Waals surface area contributed by atoms with Crippen LogP contribution in [-0.2, 0) is 19.4 Å². The molecule has 0 unspecified atom stereocenters. The third kappa shape index (κ3) is 4.52. The highest BCUT2D eigenvalue weighted by Gasteiger charge is 2.52. The standard InChI is InChI=1S/C22H27N3O6S/c1-3-15(2)24-20(26)17-6-9-19(23-14-17)16-4-7-18(8-5-16)32(29,30)22(21(27)25-28)10-12-31-13-11-22/h4-9,14-15,28H,3,10-13H2,1-2H3,(H,24,26)(H,25,27)/t15-/m0/s1. The van der Waals surface area contributed by atoms with E-state index < -0.39 is 20.5 Å². The van der Waals surface area contributed by atoms with E-state index in [1.807, 2.05) is 13.8 Å². The average Bonchev–Trinajstić information content (AvgIpc) is 2.83. The van der Waals surface area contributed by atoms with Crippen LogP contribution < -0.4 is 10.8 Å². The number of carbonyl (C=O) groups excluding carboxylic acids is 2. The van der Waals surface area contributed by atoms with Crippen LogP contribution in [0.4, 0.5) is 0 Å². The molecule has 1 aliphatic rings. The highest BCUT2D eigenvalue weighted by molar-refractivity contribution is 7.93. The zero-order valence-electron chi connectivity index (χ0n) is 18.0. The van der Waals surface area contributed by atoms with Gasteiger partial charge in [0.1, 0.15) is 0 Å². The van der Waals surface area contributed by atoms with E-state index in [0.29, 0.717) is 16.8 Å². The molecule has 1 aromatic heterocycles. The van der Waals surface area contributed by atoms with Crippen molar-refractivity contribution < 1.29 is 28.0 Å². The van der Waals surface area contributed by atoms with E-state index in [1.54, 1.807) is 24.3 Å². The molecular weight excluding hydrogens is 434 g/mol. The van der Waals surface area contributed by atoms with Gasteiger partial charge >= 0.3 is 0 Å². The molecule has 1 saturated heterocycles. The number of sulfone groups is 1. The van der Waals surface area contributed by atoms with E-state index in [2.05, 4.69) is 10.3 Å². The molecule has 1 aliphatic heterocycles. The largest absolute Gasteiger partial charge is 0.381 e. The third-order valence-electron chi connectivity index (χ3n) is 5.81. The number of aromatic nitrogens is 1. The van der Waals surface area contributed by atoms with Gasteiger partial charge in [-0.2, -0.15) is 0 Å². The lowest BCUT2D eigenvalue weighted by Crippen LogP contribution is -2.54. The number of rotatable bonds is 7. The highest BCUT2D eigenvalue weighted by Crippen LogP contribution is 2.35. The molecule has 0 aliphatic carbocycles. The van der Waals surface area contributed by atoms with E-state index in [4.69, 9.17) is 9.94 Å².